The fourth-order valence-electron chi connectivity index (χ4n) is 3.60. The van der Waals surface area contributed by atoms with Crippen LogP contribution >= 0.6 is 11.8 Å². The monoisotopic (exact) mass is 580 g/mol. The molecule has 0 saturated carbocycles. The maximum Gasteiger partial charge on any atom is 0.471 e. The number of carbonyl (C=O) groups excluding carboxylic acids is 3. The molecule has 0 spiro atoms. The van der Waals surface area contributed by atoms with E-state index in [0.29, 0.717) is 6.42 Å². The number of aliphatic hydroxyl groups excluding tert-OH is 1. The Bertz CT molecular complexity index is 747. The quantitative estimate of drug-likeness (QED) is 0.0873. The third-order valence-corrected chi connectivity index (χ3v) is 7.36. The van der Waals surface area contributed by atoms with Gasteiger partial charge in [0.05, 0.1) is 13.2 Å². The smallest absolute Gasteiger partial charge is 0.468 e. The van der Waals surface area contributed by atoms with Gasteiger partial charge in [-0.25, -0.2) is 0 Å². The van der Waals surface area contributed by atoms with Crippen molar-refractivity contribution in [3.63, 3.8) is 0 Å². The van der Waals surface area contributed by atoms with Crippen molar-refractivity contribution < 1.29 is 37.4 Å². The van der Waals surface area contributed by atoms with Crippen molar-refractivity contribution in [3.05, 3.63) is 24.3 Å². The molecule has 0 bridgehead atoms. The average molecular weight is 581 g/mol. The first-order valence-corrected chi connectivity index (χ1v) is 15.0. The number of ether oxygens (including phenoxy) is 1. The van der Waals surface area contributed by atoms with Crippen LogP contribution in [0, 0.1) is 0 Å². The van der Waals surface area contributed by atoms with Crippen molar-refractivity contribution in [1.29, 1.82) is 0 Å². The molecule has 0 aromatic heterocycles. The number of unbranched alkanes of at least 4 members (excludes halogenated alkanes) is 9. The van der Waals surface area contributed by atoms with Crippen LogP contribution in [-0.2, 0) is 19.1 Å². The Morgan fingerprint density at radius 2 is 1.56 bits per heavy atom. The molecule has 3 atom stereocenters. The van der Waals surface area contributed by atoms with Gasteiger partial charge in [-0.1, -0.05) is 95.9 Å². The number of hydrogen-bond donors (Lipinski definition) is 3. The summed E-state index contributed by atoms with van der Waals surface area (Å²) < 4.78 is 42.9. The molecule has 2 amide bonds. The van der Waals surface area contributed by atoms with E-state index in [0.717, 1.165) is 44.6 Å². The van der Waals surface area contributed by atoms with Gasteiger partial charge in [-0.2, -0.15) is 13.2 Å². The first-order valence-electron chi connectivity index (χ1n) is 13.9. The summed E-state index contributed by atoms with van der Waals surface area (Å²) in [6.07, 6.45) is 14.4. The number of esters is 1. The largest absolute Gasteiger partial charge is 0.471 e. The van der Waals surface area contributed by atoms with Crippen molar-refractivity contribution in [3.8, 4) is 0 Å². The van der Waals surface area contributed by atoms with Gasteiger partial charge in [-0.05, 0) is 19.3 Å². The summed E-state index contributed by atoms with van der Waals surface area (Å²) in [6.45, 7) is 3.63. The highest BCUT2D eigenvalue weighted by molar-refractivity contribution is 8.00. The van der Waals surface area contributed by atoms with Gasteiger partial charge in [0.15, 0.2) is 0 Å². The number of carbonyl (C=O) groups is 3. The van der Waals surface area contributed by atoms with Gasteiger partial charge in [-0.3, -0.25) is 14.4 Å². The highest BCUT2D eigenvalue weighted by atomic mass is 32.2. The molecule has 0 heterocycles. The van der Waals surface area contributed by atoms with Gasteiger partial charge in [-0.15, -0.1) is 11.8 Å². The van der Waals surface area contributed by atoms with E-state index in [2.05, 4.69) is 17.0 Å². The molecule has 0 saturated heterocycles. The summed E-state index contributed by atoms with van der Waals surface area (Å²) >= 11 is 1.06. The van der Waals surface area contributed by atoms with Crippen LogP contribution in [0.5, 0.6) is 0 Å². The Balaban J connectivity index is 5.05. The number of hydrogen-bond acceptors (Lipinski definition) is 6. The fraction of sp³-hybridized carbons (Fsp3) is 0.750. The number of halogens is 3. The standard InChI is InChI=1S/C28H47F3N2O5S/c1-4-6-8-9-10-11-12-13-14-15-16-17-19-24(23(34)18-7-5-2)39-21-22(33-27(37)28(29,30)31)26(36)32-20-25(35)38-3/h15-17,19,22-24,34H,4-14,18,20-21H2,1-3H3,(H,32,36)(H,33,37)/b16-15-,19-17+/t22-,23?,24?/m0/s1. The Kier molecular flexibility index (Phi) is 21.6. The van der Waals surface area contributed by atoms with Crippen LogP contribution in [0.25, 0.3) is 0 Å². The van der Waals surface area contributed by atoms with E-state index in [-0.39, 0.29) is 5.75 Å². The minimum Gasteiger partial charge on any atom is -0.468 e. The molecule has 0 aromatic rings. The molecule has 0 aromatic carbocycles. The maximum absolute atomic E-state index is 12.8. The summed E-state index contributed by atoms with van der Waals surface area (Å²) in [4.78, 5) is 35.3. The molecule has 0 aliphatic heterocycles. The summed E-state index contributed by atoms with van der Waals surface area (Å²) in [7, 11) is 1.10. The number of nitrogens with one attached hydrogen (secondary N) is 2. The van der Waals surface area contributed by atoms with Crippen molar-refractivity contribution >= 4 is 29.5 Å². The Morgan fingerprint density at radius 1 is 0.949 bits per heavy atom. The summed E-state index contributed by atoms with van der Waals surface area (Å²) in [5.74, 6) is -4.24. The van der Waals surface area contributed by atoms with E-state index < -0.39 is 47.9 Å². The number of alkyl halides is 3. The average Bonchev–Trinajstić information content (AvgIpc) is 2.90. The van der Waals surface area contributed by atoms with Gasteiger partial charge in [0, 0.05) is 11.0 Å². The maximum atomic E-state index is 12.8. The van der Waals surface area contributed by atoms with Gasteiger partial charge in [0.2, 0.25) is 5.91 Å². The zero-order chi connectivity index (χ0) is 29.5. The number of methoxy groups -OCH3 is 1. The lowest BCUT2D eigenvalue weighted by molar-refractivity contribution is -0.174. The van der Waals surface area contributed by atoms with E-state index in [1.54, 1.807) is 17.5 Å². The van der Waals surface area contributed by atoms with E-state index >= 15 is 0 Å². The van der Waals surface area contributed by atoms with E-state index in [1.165, 1.54) is 44.9 Å². The van der Waals surface area contributed by atoms with Crippen LogP contribution in [0.2, 0.25) is 0 Å². The zero-order valence-corrected chi connectivity index (χ0v) is 24.4. The molecule has 0 fully saturated rings. The SMILES string of the molecule is CCCCCCCCCC/C=C\C=C\C(SC[C@H](NC(=O)C(F)(F)F)C(=O)NCC(=O)OC)C(O)CCCC. The van der Waals surface area contributed by atoms with Gasteiger partial charge >= 0.3 is 18.1 Å². The molecule has 2 unspecified atom stereocenters. The van der Waals surface area contributed by atoms with Crippen LogP contribution in [0.3, 0.4) is 0 Å². The molecule has 0 radical (unpaired) electrons. The predicted octanol–water partition coefficient (Wildman–Crippen LogP) is 5.62. The molecule has 0 aliphatic rings. The second-order valence-electron chi connectivity index (χ2n) is 9.40. The summed E-state index contributed by atoms with van der Waals surface area (Å²) in [6, 6.07) is -1.57. The van der Waals surface area contributed by atoms with E-state index in [9.17, 15) is 32.7 Å². The minimum absolute atomic E-state index is 0.241. The molecule has 7 nitrogen and oxygen atoms in total. The zero-order valence-electron chi connectivity index (χ0n) is 23.6. The molecular weight excluding hydrogens is 533 g/mol. The van der Waals surface area contributed by atoms with Crippen molar-refractivity contribution in [2.24, 2.45) is 0 Å². The molecular formula is C28H47F3N2O5S. The molecule has 226 valence electrons. The van der Waals surface area contributed by atoms with E-state index in [1.807, 2.05) is 19.1 Å². The van der Waals surface area contributed by atoms with Crippen LogP contribution < -0.4 is 10.6 Å². The third-order valence-electron chi connectivity index (χ3n) is 5.97. The first kappa shape index (κ1) is 37.0. The van der Waals surface area contributed by atoms with Crippen molar-refractivity contribution in [1.82, 2.24) is 10.6 Å². The Hall–Kier alpha value is -2.01. The van der Waals surface area contributed by atoms with Gasteiger partial charge in [0.1, 0.15) is 12.6 Å². The highest BCUT2D eigenvalue weighted by Gasteiger charge is 2.41. The van der Waals surface area contributed by atoms with Crippen LogP contribution in [0.1, 0.15) is 90.9 Å². The number of aliphatic hydroxyl groups is 1. The summed E-state index contributed by atoms with van der Waals surface area (Å²) in [5.41, 5.74) is 0. The normalized spacial score (nSPS) is 14.3. The van der Waals surface area contributed by atoms with Gasteiger partial charge in [0.25, 0.3) is 0 Å². The highest BCUT2D eigenvalue weighted by Crippen LogP contribution is 2.22. The molecule has 3 N–H and O–H groups in total. The second-order valence-corrected chi connectivity index (χ2v) is 10.6. The number of thioether (sulfide) groups is 1. The second kappa shape index (κ2) is 22.8. The van der Waals surface area contributed by atoms with Crippen LogP contribution in [0.15, 0.2) is 24.3 Å². The van der Waals surface area contributed by atoms with E-state index in [4.69, 9.17) is 0 Å². The number of allylic oxidation sites excluding steroid dienone is 3. The fourth-order valence-corrected chi connectivity index (χ4v) is 4.81. The van der Waals surface area contributed by atoms with Gasteiger partial charge < -0.3 is 20.5 Å². The Labute approximate surface area is 235 Å². The predicted molar refractivity (Wildman–Crippen MR) is 150 cm³/mol. The molecule has 0 rings (SSSR count). The Morgan fingerprint density at radius 3 is 2.15 bits per heavy atom. The van der Waals surface area contributed by atoms with Crippen molar-refractivity contribution in [2.75, 3.05) is 19.4 Å². The lowest BCUT2D eigenvalue weighted by atomic mass is 10.1. The first-order chi connectivity index (χ1) is 18.6. The number of rotatable bonds is 22. The minimum atomic E-state index is -5.18. The lowest BCUT2D eigenvalue weighted by Crippen LogP contribution is -2.52. The molecule has 39 heavy (non-hydrogen) atoms. The van der Waals surface area contributed by atoms with Crippen LogP contribution in [0.4, 0.5) is 13.2 Å². The van der Waals surface area contributed by atoms with Crippen molar-refractivity contribution in [2.45, 2.75) is 114 Å². The topological polar surface area (TPSA) is 105 Å². The lowest BCUT2D eigenvalue weighted by Gasteiger charge is -2.23. The third kappa shape index (κ3) is 19.7. The van der Waals surface area contributed by atoms with Crippen LogP contribution in [-0.4, -0.2) is 65.9 Å². The molecule has 11 heteroatoms. The summed E-state index contributed by atoms with van der Waals surface area (Å²) in [5, 5.41) is 14.0. The number of amides is 2. The molecule has 0 aliphatic carbocycles.